The zero-order valence-electron chi connectivity index (χ0n) is 17.8. The van der Waals surface area contributed by atoms with Crippen molar-refractivity contribution in [3.63, 3.8) is 0 Å². The SMILES string of the molecule is Cc1cc(-c2ccn3nc(NC(=O)C4CC4)cc3c2)c(OCC2CCC(O)CC2)cn1. The van der Waals surface area contributed by atoms with Gasteiger partial charge in [-0.2, -0.15) is 5.10 Å². The molecule has 3 heterocycles. The molecule has 3 aromatic rings. The van der Waals surface area contributed by atoms with E-state index in [1.54, 1.807) is 10.7 Å². The summed E-state index contributed by atoms with van der Waals surface area (Å²) >= 11 is 0. The summed E-state index contributed by atoms with van der Waals surface area (Å²) < 4.78 is 7.97. The second kappa shape index (κ2) is 8.30. The van der Waals surface area contributed by atoms with Gasteiger partial charge in [-0.15, -0.1) is 0 Å². The first-order valence-electron chi connectivity index (χ1n) is 11.1. The number of aromatic nitrogens is 3. The Bertz CT molecular complexity index is 1100. The lowest BCUT2D eigenvalue weighted by Gasteiger charge is -2.25. The van der Waals surface area contributed by atoms with Crippen molar-refractivity contribution in [1.82, 2.24) is 14.6 Å². The van der Waals surface area contributed by atoms with Crippen molar-refractivity contribution in [2.45, 2.75) is 51.6 Å². The summed E-state index contributed by atoms with van der Waals surface area (Å²) in [4.78, 5) is 16.5. The first kappa shape index (κ1) is 20.0. The van der Waals surface area contributed by atoms with Crippen LogP contribution in [0.3, 0.4) is 0 Å². The summed E-state index contributed by atoms with van der Waals surface area (Å²) in [5.74, 6) is 2.01. The fourth-order valence-corrected chi connectivity index (χ4v) is 4.20. The van der Waals surface area contributed by atoms with Gasteiger partial charge in [-0.05, 0) is 75.1 Å². The van der Waals surface area contributed by atoms with E-state index in [4.69, 9.17) is 4.74 Å². The second-order valence-electron chi connectivity index (χ2n) is 8.89. The molecule has 3 aromatic heterocycles. The molecule has 0 spiro atoms. The number of aryl methyl sites for hydroxylation is 1. The molecular formula is C24H28N4O3. The van der Waals surface area contributed by atoms with E-state index in [1.807, 2.05) is 31.3 Å². The molecule has 5 rings (SSSR count). The molecule has 0 saturated heterocycles. The first-order chi connectivity index (χ1) is 15.0. The van der Waals surface area contributed by atoms with E-state index in [0.29, 0.717) is 18.3 Å². The van der Waals surface area contributed by atoms with Crippen LogP contribution >= 0.6 is 0 Å². The van der Waals surface area contributed by atoms with Gasteiger partial charge in [0.25, 0.3) is 0 Å². The standard InChI is InChI=1S/C24H28N4O3/c1-15-10-21(22(13-25-15)31-14-16-2-6-20(29)7-3-16)18-8-9-28-19(11-18)12-23(27-28)26-24(30)17-4-5-17/h8-13,16-17,20,29H,2-7,14H2,1H3,(H,26,27,30). The average molecular weight is 421 g/mol. The Hall–Kier alpha value is -2.93. The van der Waals surface area contributed by atoms with Crippen LogP contribution in [0.4, 0.5) is 5.82 Å². The summed E-state index contributed by atoms with van der Waals surface area (Å²) in [7, 11) is 0. The van der Waals surface area contributed by atoms with Gasteiger partial charge in [-0.25, -0.2) is 4.52 Å². The number of aliphatic hydroxyl groups excluding tert-OH is 1. The quantitative estimate of drug-likeness (QED) is 0.630. The van der Waals surface area contributed by atoms with Crippen LogP contribution in [-0.2, 0) is 4.79 Å². The van der Waals surface area contributed by atoms with Crippen LogP contribution in [0.5, 0.6) is 5.75 Å². The Morgan fingerprint density at radius 3 is 2.77 bits per heavy atom. The molecule has 0 bridgehead atoms. The third-order valence-corrected chi connectivity index (χ3v) is 6.27. The molecule has 162 valence electrons. The lowest BCUT2D eigenvalue weighted by Crippen LogP contribution is -2.22. The van der Waals surface area contributed by atoms with E-state index in [0.717, 1.165) is 66.6 Å². The monoisotopic (exact) mass is 420 g/mol. The number of aliphatic hydroxyl groups is 1. The van der Waals surface area contributed by atoms with Gasteiger partial charge in [0, 0.05) is 29.4 Å². The van der Waals surface area contributed by atoms with Crippen molar-refractivity contribution in [1.29, 1.82) is 0 Å². The molecule has 0 unspecified atom stereocenters. The number of anilines is 1. The maximum Gasteiger partial charge on any atom is 0.228 e. The minimum Gasteiger partial charge on any atom is -0.491 e. The highest BCUT2D eigenvalue weighted by Gasteiger charge is 2.30. The van der Waals surface area contributed by atoms with E-state index in [9.17, 15) is 9.90 Å². The third-order valence-electron chi connectivity index (χ3n) is 6.27. The number of nitrogens with one attached hydrogen (secondary N) is 1. The molecule has 2 aliphatic rings. The highest BCUT2D eigenvalue weighted by atomic mass is 16.5. The van der Waals surface area contributed by atoms with Crippen LogP contribution in [0.1, 0.15) is 44.2 Å². The van der Waals surface area contributed by atoms with Gasteiger partial charge in [0.2, 0.25) is 5.91 Å². The van der Waals surface area contributed by atoms with Gasteiger partial charge < -0.3 is 15.2 Å². The van der Waals surface area contributed by atoms with Crippen LogP contribution in [0.15, 0.2) is 36.7 Å². The lowest BCUT2D eigenvalue weighted by atomic mass is 9.88. The number of rotatable bonds is 6. The highest BCUT2D eigenvalue weighted by Crippen LogP contribution is 2.33. The predicted octanol–water partition coefficient (Wildman–Crippen LogP) is 3.98. The minimum atomic E-state index is -0.158. The summed E-state index contributed by atoms with van der Waals surface area (Å²) in [6.07, 6.45) is 9.16. The van der Waals surface area contributed by atoms with Crippen LogP contribution in [0.2, 0.25) is 0 Å². The van der Waals surface area contributed by atoms with Crippen molar-refractivity contribution in [2.75, 3.05) is 11.9 Å². The fourth-order valence-electron chi connectivity index (χ4n) is 4.20. The summed E-state index contributed by atoms with van der Waals surface area (Å²) in [6.45, 7) is 2.61. The van der Waals surface area contributed by atoms with Crippen molar-refractivity contribution in [3.8, 4) is 16.9 Å². The molecule has 7 nitrogen and oxygen atoms in total. The highest BCUT2D eigenvalue weighted by molar-refractivity contribution is 5.93. The van der Waals surface area contributed by atoms with Gasteiger partial charge in [0.05, 0.1) is 24.4 Å². The minimum absolute atomic E-state index is 0.0549. The van der Waals surface area contributed by atoms with E-state index in [-0.39, 0.29) is 17.9 Å². The Balaban J connectivity index is 1.36. The summed E-state index contributed by atoms with van der Waals surface area (Å²) in [5, 5.41) is 17.1. The van der Waals surface area contributed by atoms with Crippen molar-refractivity contribution in [2.24, 2.45) is 11.8 Å². The van der Waals surface area contributed by atoms with E-state index in [1.165, 1.54) is 0 Å². The third kappa shape index (κ3) is 4.56. The number of hydrogen-bond acceptors (Lipinski definition) is 5. The molecule has 2 N–H and O–H groups in total. The first-order valence-corrected chi connectivity index (χ1v) is 11.1. The average Bonchev–Trinajstić information content (AvgIpc) is 3.54. The normalized spacial score (nSPS) is 21.2. The summed E-state index contributed by atoms with van der Waals surface area (Å²) in [5.41, 5.74) is 3.85. The molecule has 7 heteroatoms. The number of hydrogen-bond donors (Lipinski definition) is 2. The van der Waals surface area contributed by atoms with Crippen LogP contribution in [-0.4, -0.2) is 38.3 Å². The molecule has 31 heavy (non-hydrogen) atoms. The number of fused-ring (bicyclic) bond motifs is 1. The Morgan fingerprint density at radius 2 is 2.00 bits per heavy atom. The topological polar surface area (TPSA) is 88.8 Å². The molecule has 0 atom stereocenters. The molecule has 2 aliphatic carbocycles. The smallest absolute Gasteiger partial charge is 0.228 e. The van der Waals surface area contributed by atoms with E-state index in [2.05, 4.69) is 21.5 Å². The zero-order chi connectivity index (χ0) is 21.4. The van der Waals surface area contributed by atoms with Gasteiger partial charge in [-0.1, -0.05) is 0 Å². The largest absolute Gasteiger partial charge is 0.491 e. The van der Waals surface area contributed by atoms with Gasteiger partial charge >= 0.3 is 0 Å². The maximum absolute atomic E-state index is 12.0. The van der Waals surface area contributed by atoms with E-state index < -0.39 is 0 Å². The van der Waals surface area contributed by atoms with Crippen molar-refractivity contribution >= 4 is 17.2 Å². The van der Waals surface area contributed by atoms with Crippen LogP contribution < -0.4 is 10.1 Å². The predicted molar refractivity (Wildman–Crippen MR) is 118 cm³/mol. The molecule has 1 amide bonds. The molecular weight excluding hydrogens is 392 g/mol. The van der Waals surface area contributed by atoms with Crippen molar-refractivity contribution in [3.05, 3.63) is 42.4 Å². The summed E-state index contributed by atoms with van der Waals surface area (Å²) in [6, 6.07) is 7.99. The van der Waals surface area contributed by atoms with Crippen molar-refractivity contribution < 1.29 is 14.6 Å². The molecule has 2 fully saturated rings. The lowest BCUT2D eigenvalue weighted by molar-refractivity contribution is -0.117. The fraction of sp³-hybridized carbons (Fsp3) is 0.458. The Kier molecular flexibility index (Phi) is 5.36. The number of carbonyl (C=O) groups is 1. The Labute approximate surface area is 181 Å². The molecule has 0 radical (unpaired) electrons. The van der Waals surface area contributed by atoms with Crippen LogP contribution in [0.25, 0.3) is 16.6 Å². The van der Waals surface area contributed by atoms with Gasteiger partial charge in [-0.3, -0.25) is 9.78 Å². The number of carbonyl (C=O) groups excluding carboxylic acids is 1. The van der Waals surface area contributed by atoms with Gasteiger partial charge in [0.1, 0.15) is 5.75 Å². The molecule has 0 aromatic carbocycles. The van der Waals surface area contributed by atoms with Crippen LogP contribution in [0, 0.1) is 18.8 Å². The van der Waals surface area contributed by atoms with E-state index >= 15 is 0 Å². The number of ether oxygens (including phenoxy) is 1. The molecule has 2 saturated carbocycles. The maximum atomic E-state index is 12.0. The molecule has 0 aliphatic heterocycles. The Morgan fingerprint density at radius 1 is 1.19 bits per heavy atom. The zero-order valence-corrected chi connectivity index (χ0v) is 17.8. The number of pyridine rings is 2. The van der Waals surface area contributed by atoms with Gasteiger partial charge in [0.15, 0.2) is 5.82 Å². The number of amides is 1. The number of nitrogens with zero attached hydrogens (tertiary/aromatic N) is 3. The second-order valence-corrected chi connectivity index (χ2v) is 8.89.